The quantitative estimate of drug-likeness (QED) is 0.918. The van der Waals surface area contributed by atoms with E-state index < -0.39 is 0 Å². The van der Waals surface area contributed by atoms with Gasteiger partial charge in [-0.1, -0.05) is 0 Å². The highest BCUT2D eigenvalue weighted by atomic mass is 19.1. The molecule has 1 unspecified atom stereocenters. The van der Waals surface area contributed by atoms with Crippen molar-refractivity contribution in [3.05, 3.63) is 29.8 Å². The number of halogens is 1. The van der Waals surface area contributed by atoms with Gasteiger partial charge >= 0.3 is 0 Å². The maximum atomic E-state index is 13.3. The van der Waals surface area contributed by atoms with Crippen molar-refractivity contribution in [2.24, 2.45) is 5.92 Å². The van der Waals surface area contributed by atoms with E-state index in [-0.39, 0.29) is 5.82 Å². The van der Waals surface area contributed by atoms with Crippen LogP contribution in [0.3, 0.4) is 0 Å². The van der Waals surface area contributed by atoms with Gasteiger partial charge in [0.1, 0.15) is 11.6 Å². The Hall–Kier alpha value is -1.42. The Morgan fingerprint density at radius 2 is 2.21 bits per heavy atom. The Balaban J connectivity index is 1.77. The summed E-state index contributed by atoms with van der Waals surface area (Å²) in [6, 6.07) is 5.58. The van der Waals surface area contributed by atoms with E-state index in [9.17, 15) is 4.39 Å². The standard InChI is InChI=1S/C15H18FN3/c16-11-1-4-14-13(8-11)18-15(19(14)12-2-3-12)7-10-5-6-17-9-10/h1,4,8,10,12,17H,2-3,5-7,9H2. The van der Waals surface area contributed by atoms with Gasteiger partial charge in [-0.05, 0) is 50.4 Å². The van der Waals surface area contributed by atoms with Crippen LogP contribution in [0.2, 0.25) is 0 Å². The summed E-state index contributed by atoms with van der Waals surface area (Å²) in [5.41, 5.74) is 1.91. The van der Waals surface area contributed by atoms with Crippen LogP contribution in [0.25, 0.3) is 11.0 Å². The number of nitrogens with zero attached hydrogens (tertiary/aromatic N) is 2. The molecule has 0 bridgehead atoms. The highest BCUT2D eigenvalue weighted by Gasteiger charge is 2.29. The zero-order chi connectivity index (χ0) is 12.8. The zero-order valence-corrected chi connectivity index (χ0v) is 10.9. The Morgan fingerprint density at radius 1 is 1.32 bits per heavy atom. The maximum Gasteiger partial charge on any atom is 0.125 e. The van der Waals surface area contributed by atoms with Crippen LogP contribution in [-0.4, -0.2) is 22.6 Å². The molecule has 1 aromatic carbocycles. The van der Waals surface area contributed by atoms with Gasteiger partial charge in [-0.2, -0.15) is 0 Å². The minimum absolute atomic E-state index is 0.193. The van der Waals surface area contributed by atoms with Gasteiger partial charge in [-0.15, -0.1) is 0 Å². The van der Waals surface area contributed by atoms with Crippen LogP contribution in [0.4, 0.5) is 4.39 Å². The van der Waals surface area contributed by atoms with Crippen LogP contribution >= 0.6 is 0 Å². The summed E-state index contributed by atoms with van der Waals surface area (Å²) < 4.78 is 15.7. The topological polar surface area (TPSA) is 29.9 Å². The minimum Gasteiger partial charge on any atom is -0.325 e. The molecular weight excluding hydrogens is 241 g/mol. The normalized spacial score (nSPS) is 23.3. The Labute approximate surface area is 111 Å². The van der Waals surface area contributed by atoms with Crippen LogP contribution in [0.1, 0.15) is 31.1 Å². The molecule has 1 aliphatic carbocycles. The number of fused-ring (bicyclic) bond motifs is 1. The van der Waals surface area contributed by atoms with Crippen LogP contribution < -0.4 is 5.32 Å². The summed E-state index contributed by atoms with van der Waals surface area (Å²) in [5, 5.41) is 3.40. The lowest BCUT2D eigenvalue weighted by Crippen LogP contribution is -2.13. The number of imidazole rings is 1. The number of benzene rings is 1. The fourth-order valence-corrected chi connectivity index (χ4v) is 3.15. The molecule has 1 aliphatic heterocycles. The van der Waals surface area contributed by atoms with Crippen LogP contribution in [0, 0.1) is 11.7 Å². The third-order valence-electron chi connectivity index (χ3n) is 4.27. The molecule has 19 heavy (non-hydrogen) atoms. The average Bonchev–Trinajstić information content (AvgIpc) is 2.97. The second-order valence-electron chi connectivity index (χ2n) is 5.83. The lowest BCUT2D eigenvalue weighted by Gasteiger charge is -2.11. The molecule has 4 rings (SSSR count). The number of rotatable bonds is 3. The van der Waals surface area contributed by atoms with Crippen LogP contribution in [0.5, 0.6) is 0 Å². The van der Waals surface area contributed by atoms with Gasteiger partial charge in [0.05, 0.1) is 11.0 Å². The van der Waals surface area contributed by atoms with Crippen molar-refractivity contribution in [3.63, 3.8) is 0 Å². The van der Waals surface area contributed by atoms with E-state index in [0.29, 0.717) is 12.0 Å². The first-order valence-corrected chi connectivity index (χ1v) is 7.18. The SMILES string of the molecule is Fc1ccc2c(c1)nc(CC1CCNC1)n2C1CC1. The first-order valence-electron chi connectivity index (χ1n) is 7.18. The second kappa shape index (κ2) is 4.30. The van der Waals surface area contributed by atoms with Crippen LogP contribution in [-0.2, 0) is 6.42 Å². The van der Waals surface area contributed by atoms with Gasteiger partial charge < -0.3 is 9.88 Å². The number of aromatic nitrogens is 2. The molecule has 100 valence electrons. The number of hydrogen-bond acceptors (Lipinski definition) is 2. The summed E-state index contributed by atoms with van der Waals surface area (Å²) in [4.78, 5) is 4.69. The smallest absolute Gasteiger partial charge is 0.125 e. The predicted molar refractivity (Wildman–Crippen MR) is 72.6 cm³/mol. The van der Waals surface area contributed by atoms with E-state index in [0.717, 1.165) is 36.4 Å². The first-order chi connectivity index (χ1) is 9.31. The molecule has 3 nitrogen and oxygen atoms in total. The molecular formula is C15H18FN3. The van der Waals surface area contributed by atoms with Crippen molar-refractivity contribution in [2.45, 2.75) is 31.7 Å². The van der Waals surface area contributed by atoms with Crippen molar-refractivity contribution in [3.8, 4) is 0 Å². The van der Waals surface area contributed by atoms with E-state index in [4.69, 9.17) is 4.98 Å². The monoisotopic (exact) mass is 259 g/mol. The molecule has 1 saturated heterocycles. The van der Waals surface area contributed by atoms with Crippen molar-refractivity contribution in [1.29, 1.82) is 0 Å². The summed E-state index contributed by atoms with van der Waals surface area (Å²) in [6.45, 7) is 2.20. The second-order valence-corrected chi connectivity index (χ2v) is 5.83. The molecule has 1 N–H and O–H groups in total. The lowest BCUT2D eigenvalue weighted by atomic mass is 10.0. The molecule has 0 radical (unpaired) electrons. The van der Waals surface area contributed by atoms with Crippen molar-refractivity contribution in [1.82, 2.24) is 14.9 Å². The molecule has 1 atom stereocenters. The highest BCUT2D eigenvalue weighted by Crippen LogP contribution is 2.39. The Kier molecular flexibility index (Phi) is 2.58. The van der Waals surface area contributed by atoms with Gasteiger partial charge in [0.25, 0.3) is 0 Å². The van der Waals surface area contributed by atoms with E-state index in [1.807, 2.05) is 6.07 Å². The number of nitrogens with one attached hydrogen (secondary N) is 1. The summed E-state index contributed by atoms with van der Waals surface area (Å²) >= 11 is 0. The third-order valence-corrected chi connectivity index (χ3v) is 4.27. The molecule has 0 spiro atoms. The van der Waals surface area contributed by atoms with Gasteiger partial charge in [-0.3, -0.25) is 0 Å². The average molecular weight is 259 g/mol. The van der Waals surface area contributed by atoms with Crippen molar-refractivity contribution < 1.29 is 4.39 Å². The summed E-state index contributed by atoms with van der Waals surface area (Å²) in [7, 11) is 0. The van der Waals surface area contributed by atoms with Crippen LogP contribution in [0.15, 0.2) is 18.2 Å². The Bertz CT molecular complexity index is 609. The van der Waals surface area contributed by atoms with Gasteiger partial charge in [0.2, 0.25) is 0 Å². The van der Waals surface area contributed by atoms with Gasteiger partial charge in [0.15, 0.2) is 0 Å². The predicted octanol–water partition coefficient (Wildman–Crippen LogP) is 2.66. The third kappa shape index (κ3) is 2.04. The summed E-state index contributed by atoms with van der Waals surface area (Å²) in [6.07, 6.45) is 4.71. The molecule has 2 fully saturated rings. The van der Waals surface area contributed by atoms with Crippen molar-refractivity contribution >= 4 is 11.0 Å². The summed E-state index contributed by atoms with van der Waals surface area (Å²) in [5.74, 6) is 1.64. The fraction of sp³-hybridized carbons (Fsp3) is 0.533. The lowest BCUT2D eigenvalue weighted by molar-refractivity contribution is 0.540. The van der Waals surface area contributed by atoms with Gasteiger partial charge in [0, 0.05) is 18.5 Å². The van der Waals surface area contributed by atoms with E-state index in [1.54, 1.807) is 12.1 Å². The molecule has 1 aromatic heterocycles. The molecule has 1 saturated carbocycles. The molecule has 4 heteroatoms. The van der Waals surface area contributed by atoms with E-state index >= 15 is 0 Å². The van der Waals surface area contributed by atoms with E-state index in [1.165, 1.54) is 19.3 Å². The fourth-order valence-electron chi connectivity index (χ4n) is 3.15. The Morgan fingerprint density at radius 3 is 2.95 bits per heavy atom. The largest absolute Gasteiger partial charge is 0.325 e. The minimum atomic E-state index is -0.193. The maximum absolute atomic E-state index is 13.3. The van der Waals surface area contributed by atoms with E-state index in [2.05, 4.69) is 9.88 Å². The molecule has 0 amide bonds. The van der Waals surface area contributed by atoms with Gasteiger partial charge in [-0.25, -0.2) is 9.37 Å². The molecule has 2 aromatic rings. The van der Waals surface area contributed by atoms with Crippen molar-refractivity contribution in [2.75, 3.05) is 13.1 Å². The highest BCUT2D eigenvalue weighted by molar-refractivity contribution is 5.76. The number of hydrogen-bond donors (Lipinski definition) is 1. The zero-order valence-electron chi connectivity index (χ0n) is 10.9. The molecule has 2 heterocycles. The first kappa shape index (κ1) is 11.4. The molecule has 2 aliphatic rings.